The Morgan fingerprint density at radius 1 is 0.938 bits per heavy atom. The summed E-state index contributed by atoms with van der Waals surface area (Å²) in [5.74, 6) is 0.174. The van der Waals surface area contributed by atoms with Crippen LogP contribution < -0.4 is 10.6 Å². The zero-order valence-corrected chi connectivity index (χ0v) is 17.3. The number of nitrogens with one attached hydrogen (secondary N) is 2. The molecule has 0 radical (unpaired) electrons. The van der Waals surface area contributed by atoms with Crippen molar-refractivity contribution >= 4 is 23.1 Å². The predicted octanol–water partition coefficient (Wildman–Crippen LogP) is 6.90. The number of alkyl halides is 3. The molecule has 1 aromatic heterocycles. The molecule has 0 amide bonds. The number of rotatable bonds is 5. The number of para-hydroxylation sites is 1. The van der Waals surface area contributed by atoms with Crippen LogP contribution in [0.5, 0.6) is 0 Å². The van der Waals surface area contributed by atoms with E-state index in [0.29, 0.717) is 11.6 Å². The minimum atomic E-state index is -4.65. The molecule has 5 nitrogen and oxygen atoms in total. The Kier molecular flexibility index (Phi) is 6.26. The van der Waals surface area contributed by atoms with Crippen LogP contribution in [0.2, 0.25) is 0 Å². The second-order valence-corrected chi connectivity index (χ2v) is 7.82. The van der Waals surface area contributed by atoms with E-state index < -0.39 is 17.6 Å². The number of benzene rings is 2. The van der Waals surface area contributed by atoms with Crippen molar-refractivity contribution in [3.63, 3.8) is 0 Å². The number of nitriles is 1. The summed E-state index contributed by atoms with van der Waals surface area (Å²) >= 11 is 0. The molecule has 1 fully saturated rings. The van der Waals surface area contributed by atoms with Crippen LogP contribution in [0.4, 0.5) is 36.3 Å². The van der Waals surface area contributed by atoms with Gasteiger partial charge in [-0.15, -0.1) is 0 Å². The fraction of sp³-hybridized carbons (Fsp3) is 0.292. The molecular weight excluding hydrogens is 415 g/mol. The highest BCUT2D eigenvalue weighted by molar-refractivity contribution is 5.67. The van der Waals surface area contributed by atoms with Gasteiger partial charge in [-0.05, 0) is 48.6 Å². The van der Waals surface area contributed by atoms with Gasteiger partial charge in [-0.1, -0.05) is 43.5 Å². The molecule has 0 atom stereocenters. The summed E-state index contributed by atoms with van der Waals surface area (Å²) in [5.41, 5.74) is 1.41. The van der Waals surface area contributed by atoms with Gasteiger partial charge in [-0.2, -0.15) is 23.4 Å². The predicted molar refractivity (Wildman–Crippen MR) is 117 cm³/mol. The highest BCUT2D eigenvalue weighted by atomic mass is 19.4. The van der Waals surface area contributed by atoms with Crippen LogP contribution in [0.3, 0.4) is 0 Å². The Hall–Kier alpha value is -3.60. The SMILES string of the molecule is N#Cc1ccccc1Nc1nc(Nc2ccc(C3CCCCC3)cc2)ncc1C(F)(F)F. The molecule has 0 aliphatic heterocycles. The van der Waals surface area contributed by atoms with Gasteiger partial charge in [0, 0.05) is 11.9 Å². The van der Waals surface area contributed by atoms with Crippen molar-refractivity contribution in [3.05, 3.63) is 71.4 Å². The lowest BCUT2D eigenvalue weighted by Gasteiger charge is -2.22. The van der Waals surface area contributed by atoms with E-state index >= 15 is 0 Å². The third kappa shape index (κ3) is 4.99. The summed E-state index contributed by atoms with van der Waals surface area (Å²) in [7, 11) is 0. The first-order chi connectivity index (χ1) is 15.4. The summed E-state index contributed by atoms with van der Waals surface area (Å²) in [6.07, 6.45) is 2.25. The molecule has 1 aliphatic carbocycles. The van der Waals surface area contributed by atoms with Crippen molar-refractivity contribution in [1.29, 1.82) is 5.26 Å². The lowest BCUT2D eigenvalue weighted by atomic mass is 9.84. The number of anilines is 4. The number of aromatic nitrogens is 2. The molecule has 164 valence electrons. The van der Waals surface area contributed by atoms with E-state index in [9.17, 15) is 18.4 Å². The molecule has 0 bridgehead atoms. The first-order valence-corrected chi connectivity index (χ1v) is 10.5. The van der Waals surface area contributed by atoms with E-state index in [2.05, 4.69) is 20.6 Å². The largest absolute Gasteiger partial charge is 0.421 e. The minimum absolute atomic E-state index is 0.0281. The molecule has 1 heterocycles. The number of halogens is 3. The van der Waals surface area contributed by atoms with Gasteiger partial charge in [0.2, 0.25) is 5.95 Å². The maximum Gasteiger partial charge on any atom is 0.421 e. The van der Waals surface area contributed by atoms with Gasteiger partial charge in [0.1, 0.15) is 17.5 Å². The molecule has 2 aromatic carbocycles. The van der Waals surface area contributed by atoms with E-state index in [0.717, 1.165) is 6.20 Å². The third-order valence-corrected chi connectivity index (χ3v) is 5.64. The average Bonchev–Trinajstić information content (AvgIpc) is 2.80. The standard InChI is InChI=1S/C24H22F3N5/c25-24(26,27)20-15-29-23(32-22(20)31-21-9-5-4-8-18(21)14-28)30-19-12-10-17(11-13-19)16-6-2-1-3-7-16/h4-5,8-13,15-16H,1-3,6-7H2,(H2,29,30,31,32). The maximum absolute atomic E-state index is 13.5. The second kappa shape index (κ2) is 9.27. The van der Waals surface area contributed by atoms with Crippen LogP contribution in [0.1, 0.15) is 54.7 Å². The van der Waals surface area contributed by atoms with Crippen LogP contribution in [0.25, 0.3) is 0 Å². The highest BCUT2D eigenvalue weighted by Crippen LogP contribution is 2.36. The Balaban J connectivity index is 1.58. The molecule has 1 aliphatic rings. The molecular formula is C24H22F3N5. The normalized spacial score (nSPS) is 14.6. The van der Waals surface area contributed by atoms with Crippen LogP contribution in [-0.4, -0.2) is 9.97 Å². The lowest BCUT2D eigenvalue weighted by molar-refractivity contribution is -0.137. The first-order valence-electron chi connectivity index (χ1n) is 10.5. The van der Waals surface area contributed by atoms with Gasteiger partial charge in [0.15, 0.2) is 0 Å². The number of hydrogen-bond acceptors (Lipinski definition) is 5. The molecule has 0 spiro atoms. The fourth-order valence-corrected chi connectivity index (χ4v) is 3.97. The maximum atomic E-state index is 13.5. The van der Waals surface area contributed by atoms with Crippen molar-refractivity contribution in [2.75, 3.05) is 10.6 Å². The summed E-state index contributed by atoms with van der Waals surface area (Å²) in [4.78, 5) is 7.91. The molecule has 3 aromatic rings. The average molecular weight is 437 g/mol. The summed E-state index contributed by atoms with van der Waals surface area (Å²) in [5, 5.41) is 14.9. The van der Waals surface area contributed by atoms with Gasteiger partial charge in [-0.3, -0.25) is 0 Å². The van der Waals surface area contributed by atoms with Gasteiger partial charge in [0.05, 0.1) is 11.3 Å². The number of hydrogen-bond donors (Lipinski definition) is 2. The van der Waals surface area contributed by atoms with Crippen LogP contribution >= 0.6 is 0 Å². The van der Waals surface area contributed by atoms with E-state index in [1.165, 1.54) is 49.8 Å². The smallest absolute Gasteiger partial charge is 0.338 e. The third-order valence-electron chi connectivity index (χ3n) is 5.64. The summed E-state index contributed by atoms with van der Waals surface area (Å²) in [6.45, 7) is 0. The van der Waals surface area contributed by atoms with Gasteiger partial charge >= 0.3 is 6.18 Å². The molecule has 1 saturated carbocycles. The van der Waals surface area contributed by atoms with Gasteiger partial charge in [-0.25, -0.2) is 4.98 Å². The summed E-state index contributed by atoms with van der Waals surface area (Å²) < 4.78 is 40.5. The van der Waals surface area contributed by atoms with Crippen LogP contribution in [-0.2, 0) is 6.18 Å². The Morgan fingerprint density at radius 3 is 2.34 bits per heavy atom. The molecule has 2 N–H and O–H groups in total. The Morgan fingerprint density at radius 2 is 1.66 bits per heavy atom. The number of nitrogens with zero attached hydrogens (tertiary/aromatic N) is 3. The van der Waals surface area contributed by atoms with Crippen molar-refractivity contribution < 1.29 is 13.2 Å². The molecule has 32 heavy (non-hydrogen) atoms. The quantitative estimate of drug-likeness (QED) is 0.454. The Bertz CT molecular complexity index is 1110. The van der Waals surface area contributed by atoms with Crippen molar-refractivity contribution in [3.8, 4) is 6.07 Å². The minimum Gasteiger partial charge on any atom is -0.338 e. The first kappa shape index (κ1) is 21.6. The van der Waals surface area contributed by atoms with Crippen molar-refractivity contribution in [2.45, 2.75) is 44.2 Å². The van der Waals surface area contributed by atoms with E-state index in [-0.39, 0.29) is 17.2 Å². The van der Waals surface area contributed by atoms with E-state index in [4.69, 9.17) is 0 Å². The summed E-state index contributed by atoms with van der Waals surface area (Å²) in [6, 6.07) is 16.1. The topological polar surface area (TPSA) is 73.6 Å². The van der Waals surface area contributed by atoms with Crippen molar-refractivity contribution in [2.24, 2.45) is 0 Å². The highest BCUT2D eigenvalue weighted by Gasteiger charge is 2.35. The Labute approximate surface area is 184 Å². The molecule has 8 heteroatoms. The van der Waals surface area contributed by atoms with E-state index in [1.807, 2.05) is 30.3 Å². The van der Waals surface area contributed by atoms with Crippen molar-refractivity contribution in [1.82, 2.24) is 9.97 Å². The zero-order valence-electron chi connectivity index (χ0n) is 17.3. The molecule has 4 rings (SSSR count). The monoisotopic (exact) mass is 437 g/mol. The van der Waals surface area contributed by atoms with Crippen LogP contribution in [0, 0.1) is 11.3 Å². The second-order valence-electron chi connectivity index (χ2n) is 7.82. The fourth-order valence-electron chi connectivity index (χ4n) is 3.97. The van der Waals surface area contributed by atoms with Crippen LogP contribution in [0.15, 0.2) is 54.7 Å². The molecule has 0 saturated heterocycles. The van der Waals surface area contributed by atoms with Gasteiger partial charge < -0.3 is 10.6 Å². The van der Waals surface area contributed by atoms with E-state index in [1.54, 1.807) is 12.1 Å². The van der Waals surface area contributed by atoms with Gasteiger partial charge in [0.25, 0.3) is 0 Å². The zero-order chi connectivity index (χ0) is 22.6. The molecule has 0 unspecified atom stereocenters. The lowest BCUT2D eigenvalue weighted by Crippen LogP contribution is -2.13.